The van der Waals surface area contributed by atoms with E-state index in [0.717, 1.165) is 5.75 Å². The van der Waals surface area contributed by atoms with Gasteiger partial charge in [0.2, 0.25) is 0 Å². The van der Waals surface area contributed by atoms with Gasteiger partial charge in [0.1, 0.15) is 5.75 Å². The van der Waals surface area contributed by atoms with Gasteiger partial charge in [0.15, 0.2) is 0 Å². The van der Waals surface area contributed by atoms with Crippen molar-refractivity contribution in [1.29, 1.82) is 0 Å². The minimum Gasteiger partial charge on any atom is -0.495 e. The molecule has 0 spiro atoms. The van der Waals surface area contributed by atoms with Crippen molar-refractivity contribution in [3.05, 3.63) is 22.7 Å². The first-order valence-electron chi connectivity index (χ1n) is 3.57. The van der Waals surface area contributed by atoms with Crippen molar-refractivity contribution in [2.45, 2.75) is 11.8 Å². The molecule has 0 aliphatic rings. The van der Waals surface area contributed by atoms with Crippen molar-refractivity contribution in [3.63, 3.8) is 0 Å². The third kappa shape index (κ3) is 1.87. The molecular weight excluding hydrogens is 192 g/mol. The molecule has 66 valence electrons. The molecule has 0 saturated heterocycles. The van der Waals surface area contributed by atoms with Gasteiger partial charge in [-0.25, -0.2) is 0 Å². The summed E-state index contributed by atoms with van der Waals surface area (Å²) < 4.78 is 5.10. The number of methoxy groups -OCH3 is 1. The summed E-state index contributed by atoms with van der Waals surface area (Å²) in [6, 6.07) is 3.88. The van der Waals surface area contributed by atoms with Crippen molar-refractivity contribution in [3.8, 4) is 5.75 Å². The highest BCUT2D eigenvalue weighted by molar-refractivity contribution is 7.98. The van der Waals surface area contributed by atoms with Crippen LogP contribution in [0.25, 0.3) is 0 Å². The summed E-state index contributed by atoms with van der Waals surface area (Å²) in [5.41, 5.74) is 1.19. The molecule has 1 rings (SSSR count). The van der Waals surface area contributed by atoms with E-state index < -0.39 is 0 Å². The molecule has 0 saturated carbocycles. The molecule has 0 unspecified atom stereocenters. The summed E-state index contributed by atoms with van der Waals surface area (Å²) in [6.07, 6.45) is 2.04. The summed E-state index contributed by atoms with van der Waals surface area (Å²) in [5, 5.41) is 0.674. The molecule has 0 aliphatic carbocycles. The van der Waals surface area contributed by atoms with E-state index >= 15 is 0 Å². The number of benzene rings is 1. The average molecular weight is 203 g/mol. The average Bonchev–Trinajstić information content (AvgIpc) is 2.05. The fraction of sp³-hybridized carbons (Fsp3) is 0.333. The van der Waals surface area contributed by atoms with Crippen molar-refractivity contribution in [2.24, 2.45) is 0 Å². The zero-order valence-electron chi connectivity index (χ0n) is 7.35. The van der Waals surface area contributed by atoms with Gasteiger partial charge in [-0.2, -0.15) is 0 Å². The first-order valence-corrected chi connectivity index (χ1v) is 5.17. The van der Waals surface area contributed by atoms with Crippen molar-refractivity contribution in [2.75, 3.05) is 13.4 Å². The van der Waals surface area contributed by atoms with Crippen molar-refractivity contribution in [1.82, 2.24) is 0 Å². The molecular formula is C9H11ClOS. The van der Waals surface area contributed by atoms with Crippen LogP contribution in [0.5, 0.6) is 5.75 Å². The minimum absolute atomic E-state index is 0.674. The Bertz CT molecular complexity index is 261. The second-order valence-corrected chi connectivity index (χ2v) is 3.71. The maximum Gasteiger partial charge on any atom is 0.138 e. The Labute approximate surface area is 82.1 Å². The molecule has 0 N–H and O–H groups in total. The van der Waals surface area contributed by atoms with Gasteiger partial charge in [-0.15, -0.1) is 11.8 Å². The van der Waals surface area contributed by atoms with Crippen molar-refractivity contribution < 1.29 is 4.74 Å². The van der Waals surface area contributed by atoms with Gasteiger partial charge in [0, 0.05) is 4.90 Å². The predicted octanol–water partition coefficient (Wildman–Crippen LogP) is 3.38. The second-order valence-electron chi connectivity index (χ2n) is 2.46. The lowest BCUT2D eigenvalue weighted by Gasteiger charge is -2.07. The highest BCUT2D eigenvalue weighted by atomic mass is 35.5. The third-order valence-electron chi connectivity index (χ3n) is 1.67. The molecule has 0 bridgehead atoms. The van der Waals surface area contributed by atoms with Gasteiger partial charge in [0.25, 0.3) is 0 Å². The van der Waals surface area contributed by atoms with E-state index in [1.807, 2.05) is 25.3 Å². The first-order chi connectivity index (χ1) is 5.69. The number of ether oxygens (including phenoxy) is 1. The third-order valence-corrected chi connectivity index (χ3v) is 2.84. The number of thioether (sulfide) groups is 1. The van der Waals surface area contributed by atoms with E-state index in [9.17, 15) is 0 Å². The number of hydrogen-bond donors (Lipinski definition) is 0. The highest BCUT2D eigenvalue weighted by Gasteiger charge is 2.04. The Balaban J connectivity index is 3.18. The molecule has 1 aromatic rings. The maximum absolute atomic E-state index is 5.92. The van der Waals surface area contributed by atoms with Gasteiger partial charge in [-0.1, -0.05) is 11.6 Å². The van der Waals surface area contributed by atoms with Crippen LogP contribution in [-0.4, -0.2) is 13.4 Å². The van der Waals surface area contributed by atoms with Crippen LogP contribution in [0, 0.1) is 6.92 Å². The molecule has 0 aromatic heterocycles. The Morgan fingerprint density at radius 2 is 2.08 bits per heavy atom. The molecule has 0 radical (unpaired) electrons. The molecule has 0 heterocycles. The van der Waals surface area contributed by atoms with Crippen LogP contribution in [0.1, 0.15) is 5.56 Å². The van der Waals surface area contributed by atoms with Crippen LogP contribution in [0.4, 0.5) is 0 Å². The minimum atomic E-state index is 0.674. The molecule has 0 atom stereocenters. The number of halogens is 1. The Morgan fingerprint density at radius 1 is 1.42 bits per heavy atom. The van der Waals surface area contributed by atoms with E-state index in [1.165, 1.54) is 10.5 Å². The van der Waals surface area contributed by atoms with Gasteiger partial charge >= 0.3 is 0 Å². The molecule has 0 aliphatic heterocycles. The van der Waals surface area contributed by atoms with E-state index in [2.05, 4.69) is 0 Å². The van der Waals surface area contributed by atoms with Gasteiger partial charge < -0.3 is 4.74 Å². The van der Waals surface area contributed by atoms with Crippen LogP contribution >= 0.6 is 23.4 Å². The molecule has 0 amide bonds. The molecule has 1 nitrogen and oxygen atoms in total. The Morgan fingerprint density at radius 3 is 2.58 bits per heavy atom. The quantitative estimate of drug-likeness (QED) is 0.680. The summed E-state index contributed by atoms with van der Waals surface area (Å²) in [6.45, 7) is 2.04. The van der Waals surface area contributed by atoms with Gasteiger partial charge in [-0.3, -0.25) is 0 Å². The zero-order valence-corrected chi connectivity index (χ0v) is 8.92. The van der Waals surface area contributed by atoms with Gasteiger partial charge in [0.05, 0.1) is 12.1 Å². The lowest BCUT2D eigenvalue weighted by molar-refractivity contribution is 0.414. The van der Waals surface area contributed by atoms with Crippen LogP contribution in [-0.2, 0) is 0 Å². The normalized spacial score (nSPS) is 10.0. The van der Waals surface area contributed by atoms with E-state index in [-0.39, 0.29) is 0 Å². The SMILES string of the molecule is COc1cc(SC)c(C)cc1Cl. The molecule has 0 fully saturated rings. The zero-order chi connectivity index (χ0) is 9.14. The maximum atomic E-state index is 5.92. The van der Waals surface area contributed by atoms with Crippen LogP contribution in [0.15, 0.2) is 17.0 Å². The summed E-state index contributed by atoms with van der Waals surface area (Å²) in [4.78, 5) is 1.20. The fourth-order valence-electron chi connectivity index (χ4n) is 1.01. The lowest BCUT2D eigenvalue weighted by Crippen LogP contribution is -1.87. The Hall–Kier alpha value is -0.340. The smallest absolute Gasteiger partial charge is 0.138 e. The molecule has 1 aromatic carbocycles. The largest absolute Gasteiger partial charge is 0.495 e. The van der Waals surface area contributed by atoms with E-state index in [1.54, 1.807) is 18.9 Å². The summed E-state index contributed by atoms with van der Waals surface area (Å²) in [7, 11) is 1.63. The summed E-state index contributed by atoms with van der Waals surface area (Å²) >= 11 is 7.62. The summed E-state index contributed by atoms with van der Waals surface area (Å²) in [5.74, 6) is 0.742. The number of hydrogen-bond acceptors (Lipinski definition) is 2. The topological polar surface area (TPSA) is 9.23 Å². The molecule has 3 heteroatoms. The van der Waals surface area contributed by atoms with Crippen LogP contribution in [0.3, 0.4) is 0 Å². The van der Waals surface area contributed by atoms with Gasteiger partial charge in [-0.05, 0) is 30.9 Å². The standard InChI is InChI=1S/C9H11ClOS/c1-6-4-7(10)8(11-2)5-9(6)12-3/h4-5H,1-3H3. The molecule has 12 heavy (non-hydrogen) atoms. The fourth-order valence-corrected chi connectivity index (χ4v) is 1.91. The Kier molecular flexibility index (Phi) is 3.29. The second kappa shape index (κ2) is 4.06. The monoisotopic (exact) mass is 202 g/mol. The predicted molar refractivity (Wildman–Crippen MR) is 54.5 cm³/mol. The van der Waals surface area contributed by atoms with Crippen molar-refractivity contribution >= 4 is 23.4 Å². The van der Waals surface area contributed by atoms with Crippen LogP contribution in [0.2, 0.25) is 5.02 Å². The first kappa shape index (κ1) is 9.75. The van der Waals surface area contributed by atoms with Crippen LogP contribution < -0.4 is 4.74 Å². The van der Waals surface area contributed by atoms with E-state index in [4.69, 9.17) is 16.3 Å². The number of aryl methyl sites for hydroxylation is 1. The number of rotatable bonds is 2. The lowest BCUT2D eigenvalue weighted by atomic mass is 10.2. The van der Waals surface area contributed by atoms with E-state index in [0.29, 0.717) is 5.02 Å². The highest BCUT2D eigenvalue weighted by Crippen LogP contribution is 2.31.